The summed E-state index contributed by atoms with van der Waals surface area (Å²) in [7, 11) is 3.15. The third-order valence-electron chi connectivity index (χ3n) is 5.95. The van der Waals surface area contributed by atoms with Crippen LogP contribution in [0.1, 0.15) is 0 Å². The number of fused-ring (bicyclic) bond motifs is 2. The Hall–Kier alpha value is -3.79. The predicted octanol–water partition coefficient (Wildman–Crippen LogP) is 1.72. The van der Waals surface area contributed by atoms with E-state index in [-0.39, 0.29) is 0 Å². The van der Waals surface area contributed by atoms with Gasteiger partial charge in [0.15, 0.2) is 35.5 Å². The number of para-hydroxylation sites is 2. The first-order chi connectivity index (χ1) is 16.1. The SMILES string of the molecule is COc1cc2nc(N3CCN(C4Oc5ccccc5OC4C=O)CC3)nc(N)c2cc1OC. The highest BCUT2D eigenvalue weighted by atomic mass is 16.6. The fraction of sp³-hybridized carbons (Fsp3) is 0.348. The van der Waals surface area contributed by atoms with Gasteiger partial charge in [0.25, 0.3) is 0 Å². The lowest BCUT2D eigenvalue weighted by Gasteiger charge is -2.42. The summed E-state index contributed by atoms with van der Waals surface area (Å²) >= 11 is 0. The fourth-order valence-corrected chi connectivity index (χ4v) is 4.21. The molecule has 33 heavy (non-hydrogen) atoms. The van der Waals surface area contributed by atoms with Gasteiger partial charge < -0.3 is 29.6 Å². The van der Waals surface area contributed by atoms with Gasteiger partial charge in [0.1, 0.15) is 5.82 Å². The van der Waals surface area contributed by atoms with E-state index in [1.165, 1.54) is 0 Å². The fourth-order valence-electron chi connectivity index (χ4n) is 4.21. The smallest absolute Gasteiger partial charge is 0.227 e. The molecule has 0 bridgehead atoms. The molecule has 5 rings (SSSR count). The summed E-state index contributed by atoms with van der Waals surface area (Å²) in [6.45, 7) is 2.58. The lowest BCUT2D eigenvalue weighted by atomic mass is 10.2. The van der Waals surface area contributed by atoms with Gasteiger partial charge in [0.2, 0.25) is 12.1 Å². The minimum absolute atomic E-state index is 0.375. The van der Waals surface area contributed by atoms with Gasteiger partial charge in [-0.3, -0.25) is 9.69 Å². The Kier molecular flexibility index (Phi) is 5.51. The molecule has 1 saturated heterocycles. The molecule has 2 atom stereocenters. The summed E-state index contributed by atoms with van der Waals surface area (Å²) in [4.78, 5) is 25.1. The van der Waals surface area contributed by atoms with E-state index in [2.05, 4.69) is 14.8 Å². The third kappa shape index (κ3) is 3.82. The number of ether oxygens (including phenoxy) is 4. The van der Waals surface area contributed by atoms with Crippen molar-refractivity contribution in [2.75, 3.05) is 51.0 Å². The van der Waals surface area contributed by atoms with Crippen molar-refractivity contribution in [3.63, 3.8) is 0 Å². The maximum absolute atomic E-state index is 11.7. The Bertz CT molecular complexity index is 1180. The first-order valence-electron chi connectivity index (χ1n) is 10.7. The highest BCUT2D eigenvalue weighted by Crippen LogP contribution is 2.36. The molecule has 2 aliphatic heterocycles. The number of benzene rings is 2. The second kappa shape index (κ2) is 8.62. The molecular formula is C23H25N5O5. The molecule has 0 spiro atoms. The van der Waals surface area contributed by atoms with Crippen LogP contribution in [0.3, 0.4) is 0 Å². The summed E-state index contributed by atoms with van der Waals surface area (Å²) in [6.07, 6.45) is -0.387. The number of aldehydes is 1. The molecule has 172 valence electrons. The number of carbonyl (C=O) groups is 1. The number of piperazine rings is 1. The molecule has 3 aromatic rings. The first kappa shape index (κ1) is 21.1. The first-order valence-corrected chi connectivity index (χ1v) is 10.7. The van der Waals surface area contributed by atoms with Crippen LogP contribution >= 0.6 is 0 Å². The largest absolute Gasteiger partial charge is 0.493 e. The Labute approximate surface area is 190 Å². The monoisotopic (exact) mass is 451 g/mol. The summed E-state index contributed by atoms with van der Waals surface area (Å²) in [6, 6.07) is 10.9. The van der Waals surface area contributed by atoms with Crippen molar-refractivity contribution < 1.29 is 23.7 Å². The second-order valence-electron chi connectivity index (χ2n) is 7.83. The molecule has 2 unspecified atom stereocenters. The molecule has 10 heteroatoms. The van der Waals surface area contributed by atoms with E-state index < -0.39 is 12.3 Å². The Morgan fingerprint density at radius 3 is 2.33 bits per heavy atom. The molecule has 2 N–H and O–H groups in total. The Morgan fingerprint density at radius 1 is 1.00 bits per heavy atom. The molecule has 0 amide bonds. The quantitative estimate of drug-likeness (QED) is 0.575. The van der Waals surface area contributed by atoms with Crippen molar-refractivity contribution in [1.29, 1.82) is 0 Å². The van der Waals surface area contributed by atoms with Crippen LogP contribution in [0.5, 0.6) is 23.0 Å². The van der Waals surface area contributed by atoms with E-state index in [9.17, 15) is 4.79 Å². The van der Waals surface area contributed by atoms with Crippen molar-refractivity contribution in [1.82, 2.24) is 14.9 Å². The van der Waals surface area contributed by atoms with E-state index in [1.807, 2.05) is 18.2 Å². The van der Waals surface area contributed by atoms with Crippen molar-refractivity contribution in [2.45, 2.75) is 12.3 Å². The van der Waals surface area contributed by atoms with E-state index >= 15 is 0 Å². The van der Waals surface area contributed by atoms with Crippen molar-refractivity contribution in [3.8, 4) is 23.0 Å². The van der Waals surface area contributed by atoms with Gasteiger partial charge in [0.05, 0.1) is 19.7 Å². The lowest BCUT2D eigenvalue weighted by molar-refractivity contribution is -0.129. The van der Waals surface area contributed by atoms with E-state index in [0.29, 0.717) is 71.8 Å². The van der Waals surface area contributed by atoms with Crippen molar-refractivity contribution in [2.24, 2.45) is 0 Å². The van der Waals surface area contributed by atoms with Gasteiger partial charge in [-0.25, -0.2) is 4.98 Å². The second-order valence-corrected chi connectivity index (χ2v) is 7.83. The molecule has 0 aliphatic carbocycles. The summed E-state index contributed by atoms with van der Waals surface area (Å²) in [5, 5.41) is 0.704. The normalized spacial score (nSPS) is 20.5. The number of nitrogens with zero attached hydrogens (tertiary/aromatic N) is 4. The van der Waals surface area contributed by atoms with E-state index in [4.69, 9.17) is 29.7 Å². The van der Waals surface area contributed by atoms with Crippen LogP contribution in [0.15, 0.2) is 36.4 Å². The minimum Gasteiger partial charge on any atom is -0.493 e. The van der Waals surface area contributed by atoms with Gasteiger partial charge in [0, 0.05) is 37.6 Å². The zero-order valence-corrected chi connectivity index (χ0v) is 18.4. The topological polar surface area (TPSA) is 112 Å². The molecular weight excluding hydrogens is 426 g/mol. The number of rotatable bonds is 5. The van der Waals surface area contributed by atoms with Gasteiger partial charge in [-0.05, 0) is 18.2 Å². The van der Waals surface area contributed by atoms with E-state index in [0.717, 1.165) is 6.29 Å². The number of anilines is 2. The molecule has 2 aromatic carbocycles. The number of aromatic nitrogens is 2. The van der Waals surface area contributed by atoms with Crippen LogP contribution in [-0.2, 0) is 4.79 Å². The van der Waals surface area contributed by atoms with Crippen LogP contribution in [0.2, 0.25) is 0 Å². The average Bonchev–Trinajstić information content (AvgIpc) is 2.87. The predicted molar refractivity (Wildman–Crippen MR) is 122 cm³/mol. The minimum atomic E-state index is -0.693. The van der Waals surface area contributed by atoms with Crippen molar-refractivity contribution >= 4 is 29.0 Å². The molecule has 1 fully saturated rings. The number of carbonyl (C=O) groups excluding carboxylic acids is 1. The number of nitrogen functional groups attached to an aromatic ring is 1. The van der Waals surface area contributed by atoms with E-state index in [1.54, 1.807) is 32.4 Å². The summed E-state index contributed by atoms with van der Waals surface area (Å²) in [5.41, 5.74) is 6.92. The number of hydrogen-bond donors (Lipinski definition) is 1. The van der Waals surface area contributed by atoms with Crippen LogP contribution in [-0.4, -0.2) is 73.9 Å². The molecule has 10 nitrogen and oxygen atoms in total. The van der Waals surface area contributed by atoms with Crippen LogP contribution in [0, 0.1) is 0 Å². The third-order valence-corrected chi connectivity index (χ3v) is 5.95. The van der Waals surface area contributed by atoms with Gasteiger partial charge in [-0.15, -0.1) is 0 Å². The molecule has 0 radical (unpaired) electrons. The molecule has 0 saturated carbocycles. The Morgan fingerprint density at radius 2 is 1.67 bits per heavy atom. The molecule has 2 aliphatic rings. The van der Waals surface area contributed by atoms with Gasteiger partial charge >= 0.3 is 0 Å². The van der Waals surface area contributed by atoms with Gasteiger partial charge in [-0.1, -0.05) is 12.1 Å². The summed E-state index contributed by atoms with van der Waals surface area (Å²) in [5.74, 6) is 3.29. The lowest BCUT2D eigenvalue weighted by Crippen LogP contribution is -2.58. The summed E-state index contributed by atoms with van der Waals surface area (Å²) < 4.78 is 22.7. The number of nitrogens with two attached hydrogens (primary N) is 1. The van der Waals surface area contributed by atoms with Crippen LogP contribution in [0.25, 0.3) is 10.9 Å². The Balaban J connectivity index is 1.34. The molecule has 1 aromatic heterocycles. The standard InChI is InChI=1S/C23H25N5O5/c1-30-18-11-14-15(12-19(18)31-2)25-23(26-21(14)24)28-9-7-27(8-10-28)22-20(13-29)32-16-5-3-4-6-17(16)33-22/h3-6,11-13,20,22H,7-10H2,1-2H3,(H2,24,25,26). The van der Waals surface area contributed by atoms with Gasteiger partial charge in [-0.2, -0.15) is 4.98 Å². The number of methoxy groups -OCH3 is 2. The highest BCUT2D eigenvalue weighted by molar-refractivity contribution is 5.91. The highest BCUT2D eigenvalue weighted by Gasteiger charge is 2.37. The maximum atomic E-state index is 11.7. The maximum Gasteiger partial charge on any atom is 0.227 e. The zero-order valence-electron chi connectivity index (χ0n) is 18.4. The van der Waals surface area contributed by atoms with Crippen LogP contribution < -0.4 is 29.6 Å². The molecule has 3 heterocycles. The van der Waals surface area contributed by atoms with Crippen LogP contribution in [0.4, 0.5) is 11.8 Å². The number of hydrogen-bond acceptors (Lipinski definition) is 10. The average molecular weight is 451 g/mol. The van der Waals surface area contributed by atoms with Crippen molar-refractivity contribution in [3.05, 3.63) is 36.4 Å². The zero-order chi connectivity index (χ0) is 22.9.